The Morgan fingerprint density at radius 3 is 1.47 bits per heavy atom. The molecule has 0 spiro atoms. The zero-order chi connectivity index (χ0) is 39.0. The van der Waals surface area contributed by atoms with Crippen molar-refractivity contribution < 1.29 is 17.6 Å². The van der Waals surface area contributed by atoms with Crippen molar-refractivity contribution in [3.63, 3.8) is 0 Å². The summed E-state index contributed by atoms with van der Waals surface area (Å²) in [7, 11) is 0. The molecule has 5 aromatic carbocycles. The van der Waals surface area contributed by atoms with Gasteiger partial charge >= 0.3 is 0 Å². The highest BCUT2D eigenvalue weighted by atomic mass is 19.1. The Bertz CT molecular complexity index is 3080. The van der Waals surface area contributed by atoms with Crippen molar-refractivity contribution in [2.45, 2.75) is 6.54 Å². The molecule has 9 aromatic rings. The van der Waals surface area contributed by atoms with E-state index in [2.05, 4.69) is 41.6 Å². The molecule has 11 heteroatoms. The number of aliphatic imine (C=N–C) groups is 3. The molecule has 0 bridgehead atoms. The third-order valence-electron chi connectivity index (χ3n) is 9.67. The molecule has 4 aromatic heterocycles. The standard InChI is InChI=1S/C46H27F4N7/c1-51-45(27-9-3-2-4-10-27)57-46(30-23-37(49)40(38(50)24-30)34-22-29-12-6-16-53-42(29)44-32(34)14-8-18-55-44)56-25-26-19-35(47)39(36(48)20-26)33-21-28-11-5-15-52-41(28)43-31(33)13-7-17-54-43/h2-24H,1,25H2/b56-46-,57-45-. The molecule has 0 aliphatic rings. The lowest BCUT2D eigenvalue weighted by atomic mass is 9.95. The average Bonchev–Trinajstić information content (AvgIpc) is 3.23. The number of hydrogen-bond acceptors (Lipinski definition) is 5. The molecule has 0 fully saturated rings. The number of fused-ring (bicyclic) bond motifs is 6. The van der Waals surface area contributed by atoms with E-state index in [1.165, 1.54) is 12.1 Å². The first kappa shape index (κ1) is 35.2. The van der Waals surface area contributed by atoms with Crippen LogP contribution in [0.1, 0.15) is 16.7 Å². The third-order valence-corrected chi connectivity index (χ3v) is 9.67. The van der Waals surface area contributed by atoms with E-state index in [-0.39, 0.29) is 46.0 Å². The van der Waals surface area contributed by atoms with Gasteiger partial charge in [0.2, 0.25) is 0 Å². The summed E-state index contributed by atoms with van der Waals surface area (Å²) >= 11 is 0. The zero-order valence-corrected chi connectivity index (χ0v) is 29.8. The van der Waals surface area contributed by atoms with Crippen LogP contribution < -0.4 is 0 Å². The van der Waals surface area contributed by atoms with E-state index in [1.807, 2.05) is 6.07 Å². The molecule has 0 aliphatic heterocycles. The minimum Gasteiger partial charge on any atom is -0.261 e. The highest BCUT2D eigenvalue weighted by Crippen LogP contribution is 2.38. The van der Waals surface area contributed by atoms with Gasteiger partial charge in [-0.25, -0.2) is 27.5 Å². The third kappa shape index (κ3) is 6.44. The van der Waals surface area contributed by atoms with E-state index in [0.717, 1.165) is 12.1 Å². The van der Waals surface area contributed by atoms with Gasteiger partial charge in [-0.15, -0.1) is 0 Å². The second kappa shape index (κ2) is 14.6. The zero-order valence-electron chi connectivity index (χ0n) is 29.8. The Kier molecular flexibility index (Phi) is 9.02. The van der Waals surface area contributed by atoms with Gasteiger partial charge in [0, 0.05) is 57.5 Å². The second-order valence-corrected chi connectivity index (χ2v) is 13.1. The molecule has 0 aliphatic carbocycles. The molecule has 0 amide bonds. The average molecular weight is 754 g/mol. The molecular formula is C46H27F4N7. The van der Waals surface area contributed by atoms with Crippen LogP contribution in [0.5, 0.6) is 0 Å². The van der Waals surface area contributed by atoms with Crippen molar-refractivity contribution in [2.75, 3.05) is 0 Å². The van der Waals surface area contributed by atoms with E-state index in [4.69, 9.17) is 0 Å². The number of hydrogen-bond donors (Lipinski definition) is 0. The van der Waals surface area contributed by atoms with Crippen LogP contribution in [0.3, 0.4) is 0 Å². The first-order chi connectivity index (χ1) is 27.9. The number of pyridine rings is 4. The second-order valence-electron chi connectivity index (χ2n) is 13.1. The summed E-state index contributed by atoms with van der Waals surface area (Å²) in [5.41, 5.74) is 3.00. The van der Waals surface area contributed by atoms with Crippen LogP contribution in [-0.4, -0.2) is 38.3 Å². The predicted octanol–water partition coefficient (Wildman–Crippen LogP) is 10.9. The summed E-state index contributed by atoms with van der Waals surface area (Å²) < 4.78 is 65.0. The molecule has 274 valence electrons. The smallest absolute Gasteiger partial charge is 0.161 e. The van der Waals surface area contributed by atoms with Crippen LogP contribution in [0, 0.1) is 23.3 Å². The van der Waals surface area contributed by atoms with Crippen molar-refractivity contribution in [1.82, 2.24) is 19.9 Å². The van der Waals surface area contributed by atoms with Crippen LogP contribution in [0.4, 0.5) is 17.6 Å². The lowest BCUT2D eigenvalue weighted by Crippen LogP contribution is -2.07. The van der Waals surface area contributed by atoms with Gasteiger partial charge in [-0.2, -0.15) is 0 Å². The molecule has 0 saturated carbocycles. The summed E-state index contributed by atoms with van der Waals surface area (Å²) in [4.78, 5) is 31.0. The van der Waals surface area contributed by atoms with Gasteiger partial charge < -0.3 is 0 Å². The summed E-state index contributed by atoms with van der Waals surface area (Å²) in [5.74, 6) is -3.44. The van der Waals surface area contributed by atoms with E-state index < -0.39 is 23.3 Å². The fourth-order valence-corrected chi connectivity index (χ4v) is 7.14. The first-order valence-electron chi connectivity index (χ1n) is 17.8. The van der Waals surface area contributed by atoms with E-state index in [1.54, 1.807) is 110 Å². The van der Waals surface area contributed by atoms with E-state index in [9.17, 15) is 0 Å². The summed E-state index contributed by atoms with van der Waals surface area (Å²) in [5, 5.41) is 2.38. The Morgan fingerprint density at radius 2 is 0.965 bits per heavy atom. The van der Waals surface area contributed by atoms with Crippen molar-refractivity contribution in [2.24, 2.45) is 15.0 Å². The van der Waals surface area contributed by atoms with Crippen LogP contribution >= 0.6 is 0 Å². The molecular weight excluding hydrogens is 727 g/mol. The van der Waals surface area contributed by atoms with Crippen molar-refractivity contribution in [1.29, 1.82) is 0 Å². The maximum atomic E-state index is 16.4. The van der Waals surface area contributed by atoms with Crippen molar-refractivity contribution >= 4 is 62.0 Å². The fraction of sp³-hybridized carbons (Fsp3) is 0.0217. The lowest BCUT2D eigenvalue weighted by Gasteiger charge is -2.13. The SMILES string of the molecule is C=N/C(=N\C(=N/Cc1cc(F)c(-c2cc3cccnc3c3ncccc23)c(F)c1)c1cc(F)c(-c2cc3cccnc3c3ncccc23)c(F)c1)c1ccccc1. The molecule has 9 rings (SSSR count). The largest absolute Gasteiger partial charge is 0.261 e. The summed E-state index contributed by atoms with van der Waals surface area (Å²) in [6.07, 6.45) is 6.47. The first-order valence-corrected chi connectivity index (χ1v) is 17.8. The highest BCUT2D eigenvalue weighted by Gasteiger charge is 2.22. The number of aromatic nitrogens is 4. The topological polar surface area (TPSA) is 88.6 Å². The summed E-state index contributed by atoms with van der Waals surface area (Å²) in [6.45, 7) is 3.35. The Balaban J connectivity index is 1.15. The molecule has 0 unspecified atom stereocenters. The quantitative estimate of drug-likeness (QED) is 0.0732. The van der Waals surface area contributed by atoms with Gasteiger partial charge in [0.05, 0.1) is 39.7 Å². The predicted molar refractivity (Wildman–Crippen MR) is 218 cm³/mol. The molecule has 57 heavy (non-hydrogen) atoms. The van der Waals surface area contributed by atoms with Gasteiger partial charge in [-0.05, 0) is 84.1 Å². The van der Waals surface area contributed by atoms with Gasteiger partial charge in [-0.3, -0.25) is 24.9 Å². The molecule has 0 saturated heterocycles. The van der Waals surface area contributed by atoms with Crippen LogP contribution in [-0.2, 0) is 6.54 Å². The summed E-state index contributed by atoms with van der Waals surface area (Å²) in [6, 6.07) is 30.8. The Morgan fingerprint density at radius 1 is 0.491 bits per heavy atom. The van der Waals surface area contributed by atoms with Gasteiger partial charge in [0.15, 0.2) is 11.7 Å². The maximum Gasteiger partial charge on any atom is 0.161 e. The Hall–Kier alpha value is -7.53. The number of amidine groups is 2. The molecule has 0 radical (unpaired) electrons. The minimum atomic E-state index is -0.886. The monoisotopic (exact) mass is 753 g/mol. The van der Waals surface area contributed by atoms with E-state index in [0.29, 0.717) is 54.7 Å². The van der Waals surface area contributed by atoms with Gasteiger partial charge in [0.25, 0.3) is 0 Å². The van der Waals surface area contributed by atoms with Crippen LogP contribution in [0.15, 0.2) is 155 Å². The molecule has 4 heterocycles. The highest BCUT2D eigenvalue weighted by molar-refractivity contribution is 6.14. The maximum absolute atomic E-state index is 16.4. The van der Waals surface area contributed by atoms with E-state index >= 15 is 17.6 Å². The van der Waals surface area contributed by atoms with Crippen LogP contribution in [0.2, 0.25) is 0 Å². The van der Waals surface area contributed by atoms with Gasteiger partial charge in [-0.1, -0.05) is 54.6 Å². The lowest BCUT2D eigenvalue weighted by molar-refractivity contribution is 0.586. The number of benzene rings is 5. The Labute approximate surface area is 322 Å². The van der Waals surface area contributed by atoms with Gasteiger partial charge in [0.1, 0.15) is 23.3 Å². The fourth-order valence-electron chi connectivity index (χ4n) is 7.14. The van der Waals surface area contributed by atoms with Crippen LogP contribution in [0.25, 0.3) is 65.9 Å². The van der Waals surface area contributed by atoms with Crippen molar-refractivity contribution in [3.05, 3.63) is 180 Å². The number of halogens is 4. The number of rotatable bonds is 6. The molecule has 0 atom stereocenters. The molecule has 0 N–H and O–H groups in total. The normalized spacial score (nSPS) is 12.2. The van der Waals surface area contributed by atoms with Crippen molar-refractivity contribution in [3.8, 4) is 22.3 Å². The molecule has 7 nitrogen and oxygen atoms in total. The number of nitrogens with zero attached hydrogens (tertiary/aromatic N) is 7. The minimum absolute atomic E-state index is 0.0305.